The van der Waals surface area contributed by atoms with Gasteiger partial charge in [-0.1, -0.05) is 23.5 Å². The van der Waals surface area contributed by atoms with Gasteiger partial charge < -0.3 is 14.8 Å². The van der Waals surface area contributed by atoms with E-state index in [2.05, 4.69) is 14.9 Å². The van der Waals surface area contributed by atoms with E-state index < -0.39 is 5.97 Å². The zero-order valence-corrected chi connectivity index (χ0v) is 14.4. The second kappa shape index (κ2) is 8.97. The molecule has 0 aliphatic rings. The van der Waals surface area contributed by atoms with E-state index in [-0.39, 0.29) is 12.5 Å². The molecule has 7 nitrogen and oxygen atoms in total. The maximum Gasteiger partial charge on any atom is 0.352 e. The Morgan fingerprint density at radius 3 is 2.67 bits per heavy atom. The Kier molecular flexibility index (Phi) is 6.68. The topological polar surface area (TPSA) is 90.4 Å². The molecule has 1 amide bonds. The van der Waals surface area contributed by atoms with Crippen LogP contribution in [0.15, 0.2) is 24.3 Å². The highest BCUT2D eigenvalue weighted by molar-refractivity contribution is 7.07. The predicted molar refractivity (Wildman–Crippen MR) is 89.3 cm³/mol. The van der Waals surface area contributed by atoms with E-state index in [1.54, 1.807) is 7.11 Å². The van der Waals surface area contributed by atoms with Crippen molar-refractivity contribution < 1.29 is 19.1 Å². The number of benzene rings is 1. The van der Waals surface area contributed by atoms with E-state index in [0.717, 1.165) is 22.8 Å². The molecule has 0 radical (unpaired) electrons. The predicted octanol–water partition coefficient (Wildman–Crippen LogP) is 1.62. The van der Waals surface area contributed by atoms with E-state index in [4.69, 9.17) is 9.47 Å². The van der Waals surface area contributed by atoms with Gasteiger partial charge in [0.05, 0.1) is 12.8 Å². The Labute approximate surface area is 144 Å². The van der Waals surface area contributed by atoms with Crippen LogP contribution in [0, 0.1) is 0 Å². The highest BCUT2D eigenvalue weighted by Gasteiger charge is 2.17. The zero-order valence-electron chi connectivity index (χ0n) is 13.6. The van der Waals surface area contributed by atoms with Crippen LogP contribution >= 0.6 is 11.5 Å². The molecule has 0 unspecified atom stereocenters. The molecule has 0 bridgehead atoms. The average molecular weight is 349 g/mol. The van der Waals surface area contributed by atoms with Gasteiger partial charge in [0, 0.05) is 6.54 Å². The van der Waals surface area contributed by atoms with Crippen LogP contribution in [0.1, 0.15) is 27.9 Å². The minimum Gasteiger partial charge on any atom is -0.497 e. The molecule has 24 heavy (non-hydrogen) atoms. The summed E-state index contributed by atoms with van der Waals surface area (Å²) < 4.78 is 13.8. The van der Waals surface area contributed by atoms with Gasteiger partial charge in [0.25, 0.3) is 5.91 Å². The quantitative estimate of drug-likeness (QED) is 0.729. The van der Waals surface area contributed by atoms with Gasteiger partial charge in [0.2, 0.25) is 0 Å². The molecule has 0 saturated heterocycles. The average Bonchev–Trinajstić information content (AvgIpc) is 3.09. The van der Waals surface area contributed by atoms with Crippen molar-refractivity contribution in [1.82, 2.24) is 14.9 Å². The summed E-state index contributed by atoms with van der Waals surface area (Å²) in [6.45, 7) is 2.02. The minimum absolute atomic E-state index is 0.317. The van der Waals surface area contributed by atoms with Gasteiger partial charge in [-0.15, -0.1) is 5.10 Å². The third kappa shape index (κ3) is 5.02. The van der Waals surface area contributed by atoms with Crippen molar-refractivity contribution >= 4 is 23.4 Å². The summed E-state index contributed by atoms with van der Waals surface area (Å²) in [5.74, 6) is -0.113. The molecular formula is C16H19N3O4S. The number of methoxy groups -OCH3 is 1. The van der Waals surface area contributed by atoms with Crippen molar-refractivity contribution in [3.05, 3.63) is 40.4 Å². The summed E-state index contributed by atoms with van der Waals surface area (Å²) in [5, 5.41) is 6.55. The molecule has 1 heterocycles. The fourth-order valence-electron chi connectivity index (χ4n) is 1.98. The molecule has 0 aliphatic carbocycles. The number of amides is 1. The smallest absolute Gasteiger partial charge is 0.352 e. The Hall–Kier alpha value is -2.48. The lowest BCUT2D eigenvalue weighted by Crippen LogP contribution is -2.30. The van der Waals surface area contributed by atoms with Gasteiger partial charge in [-0.2, -0.15) is 0 Å². The number of hydrogen-bond acceptors (Lipinski definition) is 7. The first-order valence-electron chi connectivity index (χ1n) is 7.52. The van der Waals surface area contributed by atoms with Gasteiger partial charge in [-0.05, 0) is 42.1 Å². The van der Waals surface area contributed by atoms with E-state index in [0.29, 0.717) is 30.0 Å². The van der Waals surface area contributed by atoms with Crippen LogP contribution in [0.5, 0.6) is 5.75 Å². The number of aryl methyl sites for hydroxylation is 1. The van der Waals surface area contributed by atoms with Crippen molar-refractivity contribution in [2.75, 3.05) is 20.3 Å². The summed E-state index contributed by atoms with van der Waals surface area (Å²) in [5.41, 5.74) is 1.67. The lowest BCUT2D eigenvalue weighted by molar-refractivity contribution is -0.124. The molecule has 1 N–H and O–H groups in total. The molecule has 0 aliphatic heterocycles. The number of esters is 1. The Bertz CT molecular complexity index is 685. The van der Waals surface area contributed by atoms with Crippen LogP contribution in [-0.4, -0.2) is 41.7 Å². The van der Waals surface area contributed by atoms with Gasteiger partial charge in [-0.25, -0.2) is 4.79 Å². The SMILES string of the molecule is CCc1nnsc1C(=O)OCC(=O)NCCc1ccc(OC)cc1. The summed E-state index contributed by atoms with van der Waals surface area (Å²) in [6.07, 6.45) is 1.28. The molecular weight excluding hydrogens is 330 g/mol. The van der Waals surface area contributed by atoms with Crippen molar-refractivity contribution in [2.24, 2.45) is 0 Å². The van der Waals surface area contributed by atoms with E-state index >= 15 is 0 Å². The highest BCUT2D eigenvalue weighted by atomic mass is 32.1. The molecule has 128 valence electrons. The number of aromatic nitrogens is 2. The molecule has 1 aromatic heterocycles. The van der Waals surface area contributed by atoms with Gasteiger partial charge in [0.15, 0.2) is 11.5 Å². The maximum absolute atomic E-state index is 11.9. The van der Waals surface area contributed by atoms with Gasteiger partial charge in [-0.3, -0.25) is 4.79 Å². The Morgan fingerprint density at radius 2 is 2.00 bits per heavy atom. The lowest BCUT2D eigenvalue weighted by atomic mass is 10.1. The third-order valence-electron chi connectivity index (χ3n) is 3.31. The van der Waals surface area contributed by atoms with Gasteiger partial charge in [0.1, 0.15) is 5.75 Å². The number of carbonyl (C=O) groups excluding carboxylic acids is 2. The summed E-state index contributed by atoms with van der Waals surface area (Å²) in [7, 11) is 1.61. The van der Waals surface area contributed by atoms with E-state index in [1.807, 2.05) is 31.2 Å². The number of rotatable bonds is 8. The maximum atomic E-state index is 11.9. The lowest BCUT2D eigenvalue weighted by Gasteiger charge is -2.07. The molecule has 0 atom stereocenters. The van der Waals surface area contributed by atoms with Crippen molar-refractivity contribution in [1.29, 1.82) is 0 Å². The molecule has 2 aromatic rings. The van der Waals surface area contributed by atoms with Crippen LogP contribution in [0.2, 0.25) is 0 Å². The molecule has 1 aromatic carbocycles. The molecule has 8 heteroatoms. The zero-order chi connectivity index (χ0) is 17.4. The molecule has 0 spiro atoms. The molecule has 0 saturated carbocycles. The Balaban J connectivity index is 1.70. The van der Waals surface area contributed by atoms with Gasteiger partial charge >= 0.3 is 5.97 Å². The number of ether oxygens (including phenoxy) is 2. The number of nitrogens with one attached hydrogen (secondary N) is 1. The second-order valence-corrected chi connectivity index (χ2v) is 5.68. The number of carbonyl (C=O) groups is 2. The first kappa shape index (κ1) is 17.9. The van der Waals surface area contributed by atoms with Crippen LogP contribution in [0.4, 0.5) is 0 Å². The van der Waals surface area contributed by atoms with E-state index in [1.165, 1.54) is 0 Å². The highest BCUT2D eigenvalue weighted by Crippen LogP contribution is 2.13. The summed E-state index contributed by atoms with van der Waals surface area (Å²) in [4.78, 5) is 23.9. The molecule has 2 rings (SSSR count). The van der Waals surface area contributed by atoms with Crippen molar-refractivity contribution in [3.8, 4) is 5.75 Å². The fraction of sp³-hybridized carbons (Fsp3) is 0.375. The number of hydrogen-bond donors (Lipinski definition) is 1. The summed E-state index contributed by atoms with van der Waals surface area (Å²) in [6, 6.07) is 7.61. The van der Waals surface area contributed by atoms with Crippen molar-refractivity contribution in [2.45, 2.75) is 19.8 Å². The fourth-order valence-corrected chi connectivity index (χ4v) is 2.63. The Morgan fingerprint density at radius 1 is 1.25 bits per heavy atom. The van der Waals surface area contributed by atoms with Crippen LogP contribution in [0.25, 0.3) is 0 Å². The minimum atomic E-state index is -0.563. The van der Waals surface area contributed by atoms with Crippen LogP contribution in [-0.2, 0) is 22.4 Å². The largest absolute Gasteiger partial charge is 0.497 e. The van der Waals surface area contributed by atoms with Crippen LogP contribution in [0.3, 0.4) is 0 Å². The monoisotopic (exact) mass is 349 g/mol. The first-order valence-corrected chi connectivity index (χ1v) is 8.29. The normalized spacial score (nSPS) is 10.2. The first-order chi connectivity index (χ1) is 11.6. The second-order valence-electron chi connectivity index (χ2n) is 4.93. The standard InChI is InChI=1S/C16H19N3O4S/c1-3-13-15(24-19-18-13)16(21)23-10-14(20)17-9-8-11-4-6-12(22-2)7-5-11/h4-7H,3,8-10H2,1-2H3,(H,17,20). The van der Waals surface area contributed by atoms with Crippen LogP contribution < -0.4 is 10.1 Å². The van der Waals surface area contributed by atoms with E-state index in [9.17, 15) is 9.59 Å². The number of nitrogens with zero attached hydrogens (tertiary/aromatic N) is 2. The molecule has 0 fully saturated rings. The van der Waals surface area contributed by atoms with Crippen molar-refractivity contribution in [3.63, 3.8) is 0 Å². The third-order valence-corrected chi connectivity index (χ3v) is 4.05. The summed E-state index contributed by atoms with van der Waals surface area (Å²) >= 11 is 0.974.